The molecule has 0 bridgehead atoms. The van der Waals surface area contributed by atoms with Crippen LogP contribution in [0.3, 0.4) is 0 Å². The third-order valence-electron chi connectivity index (χ3n) is 4.26. The second kappa shape index (κ2) is 7.65. The summed E-state index contributed by atoms with van der Waals surface area (Å²) in [5, 5.41) is 6.95. The molecule has 1 amide bonds. The highest BCUT2D eigenvalue weighted by atomic mass is 32.2. The van der Waals surface area contributed by atoms with E-state index in [4.69, 9.17) is 0 Å². The minimum Gasteiger partial charge on any atom is -0.326 e. The van der Waals surface area contributed by atoms with Crippen LogP contribution in [0.15, 0.2) is 77.0 Å². The van der Waals surface area contributed by atoms with Crippen molar-refractivity contribution in [3.8, 4) is 11.3 Å². The normalized spacial score (nSPS) is 11.3. The number of benzene rings is 3. The molecule has 0 radical (unpaired) electrons. The lowest BCUT2D eigenvalue weighted by atomic mass is 10.1. The molecule has 0 aliphatic carbocycles. The van der Waals surface area contributed by atoms with Crippen LogP contribution in [0.5, 0.6) is 0 Å². The van der Waals surface area contributed by atoms with Crippen molar-refractivity contribution in [3.05, 3.63) is 72.1 Å². The van der Waals surface area contributed by atoms with E-state index in [-0.39, 0.29) is 10.8 Å². The van der Waals surface area contributed by atoms with Crippen molar-refractivity contribution in [2.24, 2.45) is 0 Å². The number of hydrogen-bond donors (Lipinski definition) is 2. The van der Waals surface area contributed by atoms with Crippen LogP contribution < -0.4 is 10.0 Å². The summed E-state index contributed by atoms with van der Waals surface area (Å²) in [6.07, 6.45) is 0. The van der Waals surface area contributed by atoms with Gasteiger partial charge in [0.25, 0.3) is 10.0 Å². The van der Waals surface area contributed by atoms with Gasteiger partial charge in [-0.25, -0.2) is 13.4 Å². The fraction of sp³-hybridized carbons (Fsp3) is 0.0476. The molecule has 0 aliphatic rings. The minimum atomic E-state index is -3.78. The standard InChI is InChI=1S/C21H17N3O3S2/c1-14(25)22-18-8-10-19(11-9-18)29(26,27)24-21-23-20(13-28-21)17-7-6-15-4-2-3-5-16(15)12-17/h2-13H,1H3,(H,22,25)(H,23,24). The average Bonchev–Trinajstić information content (AvgIpc) is 3.15. The molecule has 0 saturated heterocycles. The second-order valence-corrected chi connectivity index (χ2v) is 8.95. The van der Waals surface area contributed by atoms with Gasteiger partial charge in [0.05, 0.1) is 10.6 Å². The van der Waals surface area contributed by atoms with Crippen molar-refractivity contribution in [1.82, 2.24) is 4.98 Å². The monoisotopic (exact) mass is 423 g/mol. The fourth-order valence-corrected chi connectivity index (χ4v) is 4.87. The Balaban J connectivity index is 1.55. The molecule has 1 heterocycles. The SMILES string of the molecule is CC(=O)Nc1ccc(S(=O)(=O)Nc2nc(-c3ccc4ccccc4c3)cs2)cc1. The quantitative estimate of drug-likeness (QED) is 0.486. The van der Waals surface area contributed by atoms with E-state index in [9.17, 15) is 13.2 Å². The predicted octanol–water partition coefficient (Wildman–Crippen LogP) is 4.72. The first-order valence-corrected chi connectivity index (χ1v) is 11.1. The van der Waals surface area contributed by atoms with Crippen molar-refractivity contribution < 1.29 is 13.2 Å². The number of amides is 1. The maximum absolute atomic E-state index is 12.6. The number of carbonyl (C=O) groups excluding carboxylic acids is 1. The summed E-state index contributed by atoms with van der Waals surface area (Å²) in [4.78, 5) is 15.6. The summed E-state index contributed by atoms with van der Waals surface area (Å²) in [6, 6.07) is 20.0. The number of thiazole rings is 1. The fourth-order valence-electron chi connectivity index (χ4n) is 2.90. The molecule has 29 heavy (non-hydrogen) atoms. The predicted molar refractivity (Wildman–Crippen MR) is 117 cm³/mol. The van der Waals surface area contributed by atoms with Crippen LogP contribution in [-0.2, 0) is 14.8 Å². The average molecular weight is 424 g/mol. The van der Waals surface area contributed by atoms with E-state index in [2.05, 4.69) is 15.0 Å². The zero-order valence-corrected chi connectivity index (χ0v) is 17.0. The van der Waals surface area contributed by atoms with Gasteiger partial charge in [0.2, 0.25) is 5.91 Å². The molecule has 2 N–H and O–H groups in total. The molecule has 1 aromatic heterocycles. The van der Waals surface area contributed by atoms with Gasteiger partial charge >= 0.3 is 0 Å². The molecule has 8 heteroatoms. The molecule has 0 spiro atoms. The van der Waals surface area contributed by atoms with E-state index in [0.29, 0.717) is 16.5 Å². The number of hydrogen-bond acceptors (Lipinski definition) is 5. The largest absolute Gasteiger partial charge is 0.326 e. The van der Waals surface area contributed by atoms with Gasteiger partial charge in [-0.05, 0) is 41.1 Å². The van der Waals surface area contributed by atoms with Crippen molar-refractivity contribution in [3.63, 3.8) is 0 Å². The van der Waals surface area contributed by atoms with Gasteiger partial charge in [-0.2, -0.15) is 0 Å². The van der Waals surface area contributed by atoms with E-state index in [1.54, 1.807) is 12.1 Å². The first-order chi connectivity index (χ1) is 13.9. The lowest BCUT2D eigenvalue weighted by molar-refractivity contribution is -0.114. The molecule has 0 fully saturated rings. The van der Waals surface area contributed by atoms with Gasteiger partial charge in [0.15, 0.2) is 5.13 Å². The lowest BCUT2D eigenvalue weighted by Gasteiger charge is -2.07. The van der Waals surface area contributed by atoms with E-state index in [1.165, 1.54) is 30.4 Å². The van der Waals surface area contributed by atoms with Crippen LogP contribution in [0, 0.1) is 0 Å². The summed E-state index contributed by atoms with van der Waals surface area (Å²) >= 11 is 1.22. The Morgan fingerprint density at radius 2 is 1.69 bits per heavy atom. The van der Waals surface area contributed by atoms with Gasteiger partial charge in [-0.3, -0.25) is 9.52 Å². The third-order valence-corrected chi connectivity index (χ3v) is 6.50. The number of anilines is 2. The molecule has 0 unspecified atom stereocenters. The van der Waals surface area contributed by atoms with Crippen LogP contribution >= 0.6 is 11.3 Å². The van der Waals surface area contributed by atoms with Gasteiger partial charge < -0.3 is 5.32 Å². The molecule has 3 aromatic carbocycles. The topological polar surface area (TPSA) is 88.2 Å². The second-order valence-electron chi connectivity index (χ2n) is 6.41. The van der Waals surface area contributed by atoms with Crippen LogP contribution in [-0.4, -0.2) is 19.3 Å². The first kappa shape index (κ1) is 19.1. The maximum atomic E-state index is 12.6. The first-order valence-electron chi connectivity index (χ1n) is 8.76. The highest BCUT2D eigenvalue weighted by Crippen LogP contribution is 2.29. The number of fused-ring (bicyclic) bond motifs is 1. The Kier molecular flexibility index (Phi) is 5.04. The smallest absolute Gasteiger partial charge is 0.263 e. The third kappa shape index (κ3) is 4.28. The van der Waals surface area contributed by atoms with Crippen molar-refractivity contribution in [2.75, 3.05) is 10.0 Å². The lowest BCUT2D eigenvalue weighted by Crippen LogP contribution is -2.13. The summed E-state index contributed by atoms with van der Waals surface area (Å²) in [6.45, 7) is 1.39. The van der Waals surface area contributed by atoms with Gasteiger partial charge in [-0.1, -0.05) is 36.4 Å². The number of aromatic nitrogens is 1. The number of sulfonamides is 1. The highest BCUT2D eigenvalue weighted by Gasteiger charge is 2.16. The molecular weight excluding hydrogens is 406 g/mol. The Labute approximate surface area is 172 Å². The molecule has 0 aliphatic heterocycles. The molecule has 0 saturated carbocycles. The Bertz CT molecular complexity index is 1300. The van der Waals surface area contributed by atoms with Crippen LogP contribution in [0.1, 0.15) is 6.92 Å². The van der Waals surface area contributed by atoms with Crippen LogP contribution in [0.25, 0.3) is 22.0 Å². The highest BCUT2D eigenvalue weighted by molar-refractivity contribution is 7.93. The zero-order valence-electron chi connectivity index (χ0n) is 15.4. The van der Waals surface area contributed by atoms with E-state index < -0.39 is 10.0 Å². The number of carbonyl (C=O) groups is 1. The van der Waals surface area contributed by atoms with Gasteiger partial charge in [-0.15, -0.1) is 11.3 Å². The molecule has 146 valence electrons. The Hall–Kier alpha value is -3.23. The molecule has 4 aromatic rings. The van der Waals surface area contributed by atoms with E-state index in [0.717, 1.165) is 16.3 Å². The molecule has 6 nitrogen and oxygen atoms in total. The van der Waals surface area contributed by atoms with Crippen LogP contribution in [0.4, 0.5) is 10.8 Å². The Morgan fingerprint density at radius 1 is 0.966 bits per heavy atom. The number of rotatable bonds is 5. The molecular formula is C21H17N3O3S2. The summed E-state index contributed by atoms with van der Waals surface area (Å²) in [7, 11) is -3.78. The zero-order chi connectivity index (χ0) is 20.4. The van der Waals surface area contributed by atoms with Gasteiger partial charge in [0.1, 0.15) is 0 Å². The summed E-state index contributed by atoms with van der Waals surface area (Å²) in [5.74, 6) is -0.220. The summed E-state index contributed by atoms with van der Waals surface area (Å²) < 4.78 is 27.8. The maximum Gasteiger partial charge on any atom is 0.263 e. The minimum absolute atomic E-state index is 0.0917. The van der Waals surface area contributed by atoms with Crippen molar-refractivity contribution >= 4 is 48.9 Å². The Morgan fingerprint density at radius 3 is 2.41 bits per heavy atom. The van der Waals surface area contributed by atoms with Crippen molar-refractivity contribution in [2.45, 2.75) is 11.8 Å². The van der Waals surface area contributed by atoms with Crippen LogP contribution in [0.2, 0.25) is 0 Å². The summed E-state index contributed by atoms with van der Waals surface area (Å²) in [5.41, 5.74) is 2.16. The molecule has 4 rings (SSSR count). The number of nitrogens with one attached hydrogen (secondary N) is 2. The van der Waals surface area contributed by atoms with E-state index in [1.807, 2.05) is 47.8 Å². The van der Waals surface area contributed by atoms with Crippen molar-refractivity contribution in [1.29, 1.82) is 0 Å². The van der Waals surface area contributed by atoms with E-state index >= 15 is 0 Å². The van der Waals surface area contributed by atoms with Gasteiger partial charge in [0, 0.05) is 23.6 Å². The number of nitrogens with zero attached hydrogens (tertiary/aromatic N) is 1. The molecule has 0 atom stereocenters.